The molecule has 3 N–H and O–H groups in total. The van der Waals surface area contributed by atoms with Gasteiger partial charge in [0.25, 0.3) is 0 Å². The summed E-state index contributed by atoms with van der Waals surface area (Å²) < 4.78 is 13.0. The summed E-state index contributed by atoms with van der Waals surface area (Å²) in [5.74, 6) is -0.274. The third kappa shape index (κ3) is 1.56. The van der Waals surface area contributed by atoms with Gasteiger partial charge < -0.3 is 10.8 Å². The van der Waals surface area contributed by atoms with Crippen LogP contribution in [0.15, 0.2) is 12.1 Å². The molecule has 1 aromatic carbocycles. The van der Waals surface area contributed by atoms with Gasteiger partial charge in [0.05, 0.1) is 0 Å². The van der Waals surface area contributed by atoms with E-state index in [0.29, 0.717) is 11.1 Å². The molecule has 2 nitrogen and oxygen atoms in total. The summed E-state index contributed by atoms with van der Waals surface area (Å²) in [7, 11) is 0. The van der Waals surface area contributed by atoms with Crippen LogP contribution in [0.3, 0.4) is 0 Å². The van der Waals surface area contributed by atoms with Crippen molar-refractivity contribution < 1.29 is 9.50 Å². The molecule has 0 aliphatic heterocycles. The van der Waals surface area contributed by atoms with E-state index >= 15 is 0 Å². The summed E-state index contributed by atoms with van der Waals surface area (Å²) in [6, 6.07) is 2.31. The molecule has 1 atom stereocenters. The zero-order valence-corrected chi connectivity index (χ0v) is 7.13. The second-order valence-corrected chi connectivity index (χ2v) is 2.95. The quantitative estimate of drug-likeness (QED) is 0.674. The number of phenols is 1. The number of hydrogen-bond donors (Lipinski definition) is 2. The van der Waals surface area contributed by atoms with Gasteiger partial charge in [-0.2, -0.15) is 0 Å². The normalized spacial score (nSPS) is 13.0. The molecule has 0 bridgehead atoms. The maximum atomic E-state index is 13.0. The first-order valence-electron chi connectivity index (χ1n) is 3.77. The minimum absolute atomic E-state index is 0.0592. The summed E-state index contributed by atoms with van der Waals surface area (Å²) in [6.45, 7) is 3.30. The van der Waals surface area contributed by atoms with Crippen molar-refractivity contribution in [2.45, 2.75) is 19.9 Å². The van der Waals surface area contributed by atoms with Crippen LogP contribution in [0.4, 0.5) is 4.39 Å². The van der Waals surface area contributed by atoms with Gasteiger partial charge in [-0.05, 0) is 31.5 Å². The van der Waals surface area contributed by atoms with Crippen LogP contribution < -0.4 is 5.73 Å². The van der Waals surface area contributed by atoms with E-state index in [4.69, 9.17) is 5.73 Å². The molecule has 1 aromatic rings. The molecule has 0 amide bonds. The minimum atomic E-state index is -0.347. The number of nitrogens with two attached hydrogens (primary N) is 1. The van der Waals surface area contributed by atoms with Crippen LogP contribution in [-0.4, -0.2) is 5.11 Å². The smallest absolute Gasteiger partial charge is 0.126 e. The van der Waals surface area contributed by atoms with Crippen molar-refractivity contribution in [3.05, 3.63) is 29.1 Å². The lowest BCUT2D eigenvalue weighted by atomic mass is 10.1. The zero-order chi connectivity index (χ0) is 9.30. The summed E-state index contributed by atoms with van der Waals surface area (Å²) in [5, 5.41) is 9.34. The van der Waals surface area contributed by atoms with E-state index in [1.54, 1.807) is 13.8 Å². The Morgan fingerprint density at radius 2 is 2.08 bits per heavy atom. The van der Waals surface area contributed by atoms with Gasteiger partial charge in [0.1, 0.15) is 11.6 Å². The lowest BCUT2D eigenvalue weighted by molar-refractivity contribution is 0.460. The number of aryl methyl sites for hydroxylation is 1. The highest BCUT2D eigenvalue weighted by Gasteiger charge is 2.09. The molecule has 0 fully saturated rings. The van der Waals surface area contributed by atoms with Gasteiger partial charge in [-0.15, -0.1) is 0 Å². The molecule has 0 aliphatic rings. The first kappa shape index (κ1) is 9.00. The number of halogens is 1. The molecule has 0 aromatic heterocycles. The van der Waals surface area contributed by atoms with E-state index < -0.39 is 0 Å². The van der Waals surface area contributed by atoms with Crippen LogP contribution >= 0.6 is 0 Å². The second-order valence-electron chi connectivity index (χ2n) is 2.95. The lowest BCUT2D eigenvalue weighted by Crippen LogP contribution is -2.06. The van der Waals surface area contributed by atoms with Crippen LogP contribution in [0.5, 0.6) is 5.75 Å². The van der Waals surface area contributed by atoms with Gasteiger partial charge in [0, 0.05) is 11.6 Å². The Labute approximate surface area is 70.8 Å². The number of hydrogen-bond acceptors (Lipinski definition) is 2. The highest BCUT2D eigenvalue weighted by Crippen LogP contribution is 2.25. The van der Waals surface area contributed by atoms with Crippen molar-refractivity contribution in [3.63, 3.8) is 0 Å². The van der Waals surface area contributed by atoms with E-state index in [2.05, 4.69) is 0 Å². The van der Waals surface area contributed by atoms with Crippen molar-refractivity contribution in [1.29, 1.82) is 0 Å². The van der Waals surface area contributed by atoms with Crippen molar-refractivity contribution in [2.24, 2.45) is 5.73 Å². The SMILES string of the molecule is Cc1cc(O)c(C(C)N)cc1F. The van der Waals surface area contributed by atoms with E-state index in [9.17, 15) is 9.50 Å². The largest absolute Gasteiger partial charge is 0.508 e. The Morgan fingerprint density at radius 3 is 2.58 bits per heavy atom. The molecule has 66 valence electrons. The molecule has 1 rings (SSSR count). The van der Waals surface area contributed by atoms with Crippen molar-refractivity contribution >= 4 is 0 Å². The third-order valence-corrected chi connectivity index (χ3v) is 1.80. The monoisotopic (exact) mass is 169 g/mol. The number of phenolic OH excluding ortho intramolecular Hbond substituents is 1. The molecule has 12 heavy (non-hydrogen) atoms. The van der Waals surface area contributed by atoms with E-state index in [1.807, 2.05) is 0 Å². The molecule has 0 heterocycles. The van der Waals surface area contributed by atoms with Crippen molar-refractivity contribution in [3.8, 4) is 5.75 Å². The maximum Gasteiger partial charge on any atom is 0.126 e. The van der Waals surface area contributed by atoms with Crippen molar-refractivity contribution in [1.82, 2.24) is 0 Å². The Morgan fingerprint density at radius 1 is 1.50 bits per heavy atom. The predicted molar refractivity (Wildman–Crippen MR) is 45.4 cm³/mol. The maximum absolute atomic E-state index is 13.0. The lowest BCUT2D eigenvalue weighted by Gasteiger charge is -2.09. The summed E-state index contributed by atoms with van der Waals surface area (Å²) in [6.07, 6.45) is 0. The predicted octanol–water partition coefficient (Wildman–Crippen LogP) is 1.86. The molecular weight excluding hydrogens is 157 g/mol. The summed E-state index contributed by atoms with van der Waals surface area (Å²) in [5.41, 5.74) is 6.38. The van der Waals surface area contributed by atoms with Crippen LogP contribution in [-0.2, 0) is 0 Å². The Kier molecular flexibility index (Phi) is 2.33. The van der Waals surface area contributed by atoms with Gasteiger partial charge in [-0.25, -0.2) is 4.39 Å². The van der Waals surface area contributed by atoms with Crippen LogP contribution in [0.2, 0.25) is 0 Å². The topological polar surface area (TPSA) is 46.2 Å². The van der Waals surface area contributed by atoms with Gasteiger partial charge >= 0.3 is 0 Å². The second kappa shape index (κ2) is 3.11. The van der Waals surface area contributed by atoms with E-state index in [1.165, 1.54) is 12.1 Å². The van der Waals surface area contributed by atoms with Crippen LogP contribution in [0, 0.1) is 12.7 Å². The van der Waals surface area contributed by atoms with Crippen molar-refractivity contribution in [2.75, 3.05) is 0 Å². The first-order chi connectivity index (χ1) is 5.52. The third-order valence-electron chi connectivity index (χ3n) is 1.80. The van der Waals surface area contributed by atoms with Crippen LogP contribution in [0.25, 0.3) is 0 Å². The Bertz CT molecular complexity index is 297. The van der Waals surface area contributed by atoms with Gasteiger partial charge in [-0.1, -0.05) is 0 Å². The van der Waals surface area contributed by atoms with E-state index in [-0.39, 0.29) is 17.6 Å². The standard InChI is InChI=1S/C9H12FNO/c1-5-3-9(12)7(6(2)11)4-8(5)10/h3-4,6,12H,11H2,1-2H3. The fraction of sp³-hybridized carbons (Fsp3) is 0.333. The molecule has 0 aliphatic carbocycles. The molecule has 3 heteroatoms. The summed E-state index contributed by atoms with van der Waals surface area (Å²) in [4.78, 5) is 0. The molecular formula is C9H12FNO. The van der Waals surface area contributed by atoms with E-state index in [0.717, 1.165) is 0 Å². The number of benzene rings is 1. The first-order valence-corrected chi connectivity index (χ1v) is 3.77. The minimum Gasteiger partial charge on any atom is -0.508 e. The van der Waals surface area contributed by atoms with Gasteiger partial charge in [0.2, 0.25) is 0 Å². The highest BCUT2D eigenvalue weighted by atomic mass is 19.1. The molecule has 0 saturated heterocycles. The Balaban J connectivity index is 3.23. The average Bonchev–Trinajstić information content (AvgIpc) is 1.96. The number of rotatable bonds is 1. The van der Waals surface area contributed by atoms with Gasteiger partial charge in [0.15, 0.2) is 0 Å². The summed E-state index contributed by atoms with van der Waals surface area (Å²) >= 11 is 0. The number of aromatic hydroxyl groups is 1. The Hall–Kier alpha value is -1.09. The zero-order valence-electron chi connectivity index (χ0n) is 7.13. The molecule has 1 unspecified atom stereocenters. The molecule has 0 spiro atoms. The fourth-order valence-corrected chi connectivity index (χ4v) is 1.05. The van der Waals surface area contributed by atoms with Crippen LogP contribution in [0.1, 0.15) is 24.1 Å². The molecule has 0 saturated carbocycles. The highest BCUT2D eigenvalue weighted by molar-refractivity contribution is 5.38. The fourth-order valence-electron chi connectivity index (χ4n) is 1.05. The molecule has 0 radical (unpaired) electrons. The van der Waals surface area contributed by atoms with Gasteiger partial charge in [-0.3, -0.25) is 0 Å². The average molecular weight is 169 g/mol.